The van der Waals surface area contributed by atoms with Crippen molar-refractivity contribution in [2.24, 2.45) is 0 Å². The number of carbonyl (C=O) groups excluding carboxylic acids is 2. The van der Waals surface area contributed by atoms with E-state index in [1.165, 1.54) is 17.0 Å². The second kappa shape index (κ2) is 12.0. The third-order valence-electron chi connectivity index (χ3n) is 5.50. The fraction of sp³-hybridized carbons (Fsp3) is 0.440. The molecule has 2 rings (SSSR count). The summed E-state index contributed by atoms with van der Waals surface area (Å²) in [5, 5.41) is 2.82. The highest BCUT2D eigenvalue weighted by molar-refractivity contribution is 7.92. The number of halogens is 1. The minimum Gasteiger partial charge on any atom is -0.354 e. The zero-order valence-electron chi connectivity index (χ0n) is 20.5. The number of hydrogen-bond donors (Lipinski definition) is 1. The molecule has 2 amide bonds. The molecule has 0 aliphatic carbocycles. The van der Waals surface area contributed by atoms with E-state index in [1.807, 2.05) is 19.9 Å². The van der Waals surface area contributed by atoms with Crippen molar-refractivity contribution < 1.29 is 22.4 Å². The highest BCUT2D eigenvalue weighted by atomic mass is 32.2. The second-order valence-corrected chi connectivity index (χ2v) is 10.3. The Bertz CT molecular complexity index is 1100. The largest absolute Gasteiger partial charge is 0.354 e. The van der Waals surface area contributed by atoms with Gasteiger partial charge in [0.2, 0.25) is 21.8 Å². The van der Waals surface area contributed by atoms with Crippen molar-refractivity contribution in [2.75, 3.05) is 23.7 Å². The van der Waals surface area contributed by atoms with Crippen LogP contribution in [0.15, 0.2) is 42.5 Å². The zero-order valence-corrected chi connectivity index (χ0v) is 21.3. The van der Waals surface area contributed by atoms with Gasteiger partial charge in [0.25, 0.3) is 0 Å². The summed E-state index contributed by atoms with van der Waals surface area (Å²) in [4.78, 5) is 27.8. The highest BCUT2D eigenvalue weighted by Crippen LogP contribution is 2.24. The number of aryl methyl sites for hydroxylation is 2. The molecule has 1 unspecified atom stereocenters. The number of anilines is 1. The van der Waals surface area contributed by atoms with E-state index in [9.17, 15) is 22.4 Å². The van der Waals surface area contributed by atoms with Crippen LogP contribution in [0.2, 0.25) is 0 Å². The molecule has 0 spiro atoms. The standard InChI is InChI=1S/C25H34FN3O4S/c1-6-14-27-25(31)22(7-2)28(16-20-9-11-21(26)12-10-20)24(30)17-29(34(5,32)33)23-13-8-18(3)15-19(23)4/h8-13,15,22H,6-7,14,16-17H2,1-5H3,(H,27,31). The van der Waals surface area contributed by atoms with E-state index in [0.29, 0.717) is 24.2 Å². The summed E-state index contributed by atoms with van der Waals surface area (Å²) in [5.74, 6) is -1.24. The van der Waals surface area contributed by atoms with Gasteiger partial charge in [-0.1, -0.05) is 43.7 Å². The van der Waals surface area contributed by atoms with E-state index in [2.05, 4.69) is 5.32 Å². The van der Waals surface area contributed by atoms with Crippen LogP contribution >= 0.6 is 0 Å². The molecule has 0 saturated carbocycles. The molecule has 0 radical (unpaired) electrons. The Hall–Kier alpha value is -2.94. The van der Waals surface area contributed by atoms with Gasteiger partial charge in [-0.05, 0) is 56.0 Å². The molecule has 34 heavy (non-hydrogen) atoms. The van der Waals surface area contributed by atoms with Crippen LogP contribution in [0, 0.1) is 19.7 Å². The first-order valence-corrected chi connectivity index (χ1v) is 13.2. The molecule has 0 aliphatic rings. The molecule has 1 N–H and O–H groups in total. The number of sulfonamides is 1. The molecule has 7 nitrogen and oxygen atoms in total. The lowest BCUT2D eigenvalue weighted by Crippen LogP contribution is -2.52. The van der Waals surface area contributed by atoms with Crippen molar-refractivity contribution in [3.05, 3.63) is 65.0 Å². The lowest BCUT2D eigenvalue weighted by atomic mass is 10.1. The van der Waals surface area contributed by atoms with Crippen LogP contribution in [0.3, 0.4) is 0 Å². The van der Waals surface area contributed by atoms with E-state index in [-0.39, 0.29) is 12.5 Å². The minimum absolute atomic E-state index is 0.0433. The van der Waals surface area contributed by atoms with Crippen LogP contribution in [0.4, 0.5) is 10.1 Å². The molecule has 0 fully saturated rings. The molecule has 0 saturated heterocycles. The molecule has 0 bridgehead atoms. The highest BCUT2D eigenvalue weighted by Gasteiger charge is 2.32. The van der Waals surface area contributed by atoms with Crippen molar-refractivity contribution in [3.63, 3.8) is 0 Å². The minimum atomic E-state index is -3.79. The number of amides is 2. The maximum atomic E-state index is 13.6. The van der Waals surface area contributed by atoms with Gasteiger partial charge < -0.3 is 10.2 Å². The summed E-state index contributed by atoms with van der Waals surface area (Å²) >= 11 is 0. The van der Waals surface area contributed by atoms with E-state index in [1.54, 1.807) is 38.1 Å². The van der Waals surface area contributed by atoms with Gasteiger partial charge in [-0.2, -0.15) is 0 Å². The Morgan fingerprint density at radius 2 is 1.71 bits per heavy atom. The Kier molecular flexibility index (Phi) is 9.61. The van der Waals surface area contributed by atoms with Crippen molar-refractivity contribution >= 4 is 27.5 Å². The maximum Gasteiger partial charge on any atom is 0.244 e. The third-order valence-corrected chi connectivity index (χ3v) is 6.63. The molecule has 0 aromatic heterocycles. The molecule has 0 heterocycles. The molecule has 0 aliphatic heterocycles. The van der Waals surface area contributed by atoms with E-state index < -0.39 is 34.3 Å². The number of nitrogens with one attached hydrogen (secondary N) is 1. The van der Waals surface area contributed by atoms with Gasteiger partial charge in [0, 0.05) is 13.1 Å². The summed E-state index contributed by atoms with van der Waals surface area (Å²) < 4.78 is 39.8. The lowest BCUT2D eigenvalue weighted by molar-refractivity contribution is -0.140. The van der Waals surface area contributed by atoms with Crippen molar-refractivity contribution in [1.82, 2.24) is 10.2 Å². The Morgan fingerprint density at radius 3 is 2.24 bits per heavy atom. The summed E-state index contributed by atoms with van der Waals surface area (Å²) in [5.41, 5.74) is 2.73. The number of nitrogens with zero attached hydrogens (tertiary/aromatic N) is 2. The van der Waals surface area contributed by atoms with Crippen LogP contribution in [-0.2, 0) is 26.2 Å². The Morgan fingerprint density at radius 1 is 1.06 bits per heavy atom. The van der Waals surface area contributed by atoms with Gasteiger partial charge in [0.1, 0.15) is 18.4 Å². The first-order valence-electron chi connectivity index (χ1n) is 11.3. The van der Waals surface area contributed by atoms with Gasteiger partial charge in [-0.25, -0.2) is 12.8 Å². The molecule has 2 aromatic rings. The monoisotopic (exact) mass is 491 g/mol. The molecule has 2 aromatic carbocycles. The average molecular weight is 492 g/mol. The summed E-state index contributed by atoms with van der Waals surface area (Å²) in [6.45, 7) is 7.46. The average Bonchev–Trinajstić information content (AvgIpc) is 2.76. The zero-order chi connectivity index (χ0) is 25.5. The summed E-state index contributed by atoms with van der Waals surface area (Å²) in [7, 11) is -3.79. The number of hydrogen-bond acceptors (Lipinski definition) is 4. The van der Waals surface area contributed by atoms with Crippen LogP contribution < -0.4 is 9.62 Å². The first kappa shape index (κ1) is 27.3. The maximum absolute atomic E-state index is 13.6. The van der Waals surface area contributed by atoms with Crippen LogP contribution in [0.5, 0.6) is 0 Å². The molecule has 9 heteroatoms. The van der Waals surface area contributed by atoms with Gasteiger partial charge in [-0.3, -0.25) is 13.9 Å². The van der Waals surface area contributed by atoms with Crippen molar-refractivity contribution in [3.8, 4) is 0 Å². The van der Waals surface area contributed by atoms with Crippen LogP contribution in [-0.4, -0.2) is 50.5 Å². The van der Waals surface area contributed by atoms with Crippen molar-refractivity contribution in [1.29, 1.82) is 0 Å². The number of benzene rings is 2. The van der Waals surface area contributed by atoms with E-state index >= 15 is 0 Å². The quantitative estimate of drug-likeness (QED) is 0.521. The molecule has 1 atom stereocenters. The normalized spacial score (nSPS) is 12.2. The summed E-state index contributed by atoms with van der Waals surface area (Å²) in [6.07, 6.45) is 2.13. The molecular weight excluding hydrogens is 457 g/mol. The topological polar surface area (TPSA) is 86.8 Å². The third kappa shape index (κ3) is 7.28. The summed E-state index contributed by atoms with van der Waals surface area (Å²) in [6, 6.07) is 10.2. The first-order chi connectivity index (χ1) is 16.0. The number of rotatable bonds is 11. The smallest absolute Gasteiger partial charge is 0.244 e. The second-order valence-electron chi connectivity index (χ2n) is 8.42. The SMILES string of the molecule is CCCNC(=O)C(CC)N(Cc1ccc(F)cc1)C(=O)CN(c1ccc(C)cc1C)S(C)(=O)=O. The predicted molar refractivity (Wildman–Crippen MR) is 132 cm³/mol. The van der Waals surface area contributed by atoms with Gasteiger partial charge in [-0.15, -0.1) is 0 Å². The van der Waals surface area contributed by atoms with E-state index in [0.717, 1.165) is 28.1 Å². The van der Waals surface area contributed by atoms with Crippen LogP contribution in [0.25, 0.3) is 0 Å². The Labute approximate surface area is 202 Å². The fourth-order valence-corrected chi connectivity index (χ4v) is 4.66. The fourth-order valence-electron chi connectivity index (χ4n) is 3.75. The Balaban J connectivity index is 2.44. The lowest BCUT2D eigenvalue weighted by Gasteiger charge is -2.33. The molecular formula is C25H34FN3O4S. The van der Waals surface area contributed by atoms with Crippen LogP contribution in [0.1, 0.15) is 43.4 Å². The van der Waals surface area contributed by atoms with Gasteiger partial charge in [0.15, 0.2) is 0 Å². The van der Waals surface area contributed by atoms with Crippen molar-refractivity contribution in [2.45, 2.75) is 53.1 Å². The number of carbonyl (C=O) groups is 2. The van der Waals surface area contributed by atoms with Gasteiger partial charge >= 0.3 is 0 Å². The predicted octanol–water partition coefficient (Wildman–Crippen LogP) is 3.54. The van der Waals surface area contributed by atoms with Gasteiger partial charge in [0.05, 0.1) is 11.9 Å². The molecule has 186 valence electrons. The van der Waals surface area contributed by atoms with E-state index in [4.69, 9.17) is 0 Å².